The van der Waals surface area contributed by atoms with E-state index in [1.165, 1.54) is 23.5 Å². The first kappa shape index (κ1) is 20.6. The maximum absolute atomic E-state index is 13.1. The number of hydrogen-bond acceptors (Lipinski definition) is 3. The molecule has 0 spiro atoms. The number of aryl methyl sites for hydroxylation is 1. The molecule has 0 saturated heterocycles. The molecular weight excluding hydrogens is 384 g/mol. The molecule has 5 nitrogen and oxygen atoms in total. The fraction of sp³-hybridized carbons (Fsp3) is 0.174. The van der Waals surface area contributed by atoms with Crippen LogP contribution in [0.3, 0.4) is 0 Å². The highest BCUT2D eigenvalue weighted by Gasteiger charge is 2.23. The Morgan fingerprint density at radius 1 is 0.931 bits per heavy atom. The number of nitrogens with zero attached hydrogens (tertiary/aromatic N) is 1. The molecule has 0 heterocycles. The minimum Gasteiger partial charge on any atom is -0.346 e. The van der Waals surface area contributed by atoms with E-state index in [9.17, 15) is 13.2 Å². The van der Waals surface area contributed by atoms with Gasteiger partial charge in [0.2, 0.25) is 0 Å². The van der Waals surface area contributed by atoms with Crippen molar-refractivity contribution in [2.24, 2.45) is 0 Å². The van der Waals surface area contributed by atoms with Crippen LogP contribution < -0.4 is 9.62 Å². The Balaban J connectivity index is 1.83. The molecule has 1 atom stereocenters. The van der Waals surface area contributed by atoms with Gasteiger partial charge < -0.3 is 5.32 Å². The van der Waals surface area contributed by atoms with Crippen LogP contribution in [0.5, 0.6) is 0 Å². The van der Waals surface area contributed by atoms with Crippen molar-refractivity contribution in [2.75, 3.05) is 11.4 Å². The van der Waals surface area contributed by atoms with Crippen LogP contribution in [0.1, 0.15) is 34.5 Å². The second kappa shape index (κ2) is 8.49. The highest BCUT2D eigenvalue weighted by molar-refractivity contribution is 7.92. The standard InChI is InChI=1S/C23H24N2O3S/c1-17-9-7-13-21(15-17)25(3)29(27,28)22-14-8-12-20(16-22)23(26)24-18(2)19-10-5-4-6-11-19/h4-16,18H,1-3H3,(H,24,26)/t18-/m1/s1. The Bertz CT molecular complexity index is 1110. The van der Waals surface area contributed by atoms with Crippen molar-refractivity contribution in [1.29, 1.82) is 0 Å². The number of amides is 1. The zero-order valence-corrected chi connectivity index (χ0v) is 17.5. The summed E-state index contributed by atoms with van der Waals surface area (Å²) in [5, 5.41) is 2.91. The summed E-state index contributed by atoms with van der Waals surface area (Å²) in [4.78, 5) is 12.7. The second-order valence-corrected chi connectivity index (χ2v) is 8.91. The van der Waals surface area contributed by atoms with Crippen molar-refractivity contribution in [3.05, 3.63) is 95.6 Å². The first-order chi connectivity index (χ1) is 13.8. The van der Waals surface area contributed by atoms with Crippen molar-refractivity contribution < 1.29 is 13.2 Å². The SMILES string of the molecule is Cc1cccc(N(C)S(=O)(=O)c2cccc(C(=O)N[C@H](C)c3ccccc3)c2)c1. The van der Waals surface area contributed by atoms with E-state index >= 15 is 0 Å². The Hall–Kier alpha value is -3.12. The average Bonchev–Trinajstić information content (AvgIpc) is 2.73. The normalized spacial score (nSPS) is 12.2. The van der Waals surface area contributed by atoms with Gasteiger partial charge in [-0.15, -0.1) is 0 Å². The average molecular weight is 409 g/mol. The number of sulfonamides is 1. The highest BCUT2D eigenvalue weighted by Crippen LogP contribution is 2.23. The van der Waals surface area contributed by atoms with E-state index in [0.717, 1.165) is 11.1 Å². The molecule has 0 aliphatic heterocycles. The third-order valence-electron chi connectivity index (χ3n) is 4.77. The third kappa shape index (κ3) is 4.66. The van der Waals surface area contributed by atoms with Crippen molar-refractivity contribution in [3.63, 3.8) is 0 Å². The largest absolute Gasteiger partial charge is 0.346 e. The molecule has 1 amide bonds. The first-order valence-electron chi connectivity index (χ1n) is 9.30. The number of rotatable bonds is 6. The maximum atomic E-state index is 13.1. The molecule has 3 aromatic carbocycles. The van der Waals surface area contributed by atoms with Gasteiger partial charge in [-0.25, -0.2) is 8.42 Å². The predicted molar refractivity (Wildman–Crippen MR) is 116 cm³/mol. The van der Waals surface area contributed by atoms with Gasteiger partial charge in [-0.05, 0) is 55.3 Å². The second-order valence-electron chi connectivity index (χ2n) is 6.95. The van der Waals surface area contributed by atoms with Crippen molar-refractivity contribution in [2.45, 2.75) is 24.8 Å². The lowest BCUT2D eigenvalue weighted by atomic mass is 10.1. The summed E-state index contributed by atoms with van der Waals surface area (Å²) in [7, 11) is -2.28. The molecule has 0 fully saturated rings. The summed E-state index contributed by atoms with van der Waals surface area (Å²) in [6.07, 6.45) is 0. The van der Waals surface area contributed by atoms with Crippen LogP contribution in [0.4, 0.5) is 5.69 Å². The lowest BCUT2D eigenvalue weighted by Crippen LogP contribution is -2.28. The Morgan fingerprint density at radius 3 is 2.31 bits per heavy atom. The van der Waals surface area contributed by atoms with Crippen molar-refractivity contribution in [1.82, 2.24) is 5.32 Å². The van der Waals surface area contributed by atoms with E-state index in [-0.39, 0.29) is 16.8 Å². The summed E-state index contributed by atoms with van der Waals surface area (Å²) in [5.74, 6) is -0.323. The molecule has 1 N–H and O–H groups in total. The van der Waals surface area contributed by atoms with Gasteiger partial charge in [0.05, 0.1) is 16.6 Å². The van der Waals surface area contributed by atoms with Crippen LogP contribution >= 0.6 is 0 Å². The van der Waals surface area contributed by atoms with E-state index < -0.39 is 10.0 Å². The van der Waals surface area contributed by atoms with Gasteiger partial charge in [-0.2, -0.15) is 0 Å². The van der Waals surface area contributed by atoms with Gasteiger partial charge in [0.25, 0.3) is 15.9 Å². The molecule has 3 rings (SSSR count). The Morgan fingerprint density at radius 2 is 1.62 bits per heavy atom. The Labute approximate surface area is 172 Å². The number of carbonyl (C=O) groups excluding carboxylic acids is 1. The van der Waals surface area contributed by atoms with Crippen LogP contribution in [0, 0.1) is 6.92 Å². The molecule has 0 radical (unpaired) electrons. The van der Waals surface area contributed by atoms with Gasteiger partial charge in [0.1, 0.15) is 0 Å². The lowest BCUT2D eigenvalue weighted by molar-refractivity contribution is 0.0939. The molecule has 0 unspecified atom stereocenters. The van der Waals surface area contributed by atoms with Crippen molar-refractivity contribution in [3.8, 4) is 0 Å². The molecule has 6 heteroatoms. The monoisotopic (exact) mass is 408 g/mol. The molecule has 0 aliphatic carbocycles. The quantitative estimate of drug-likeness (QED) is 0.661. The summed E-state index contributed by atoms with van der Waals surface area (Å²) in [6, 6.07) is 22.8. The van der Waals surface area contributed by atoms with E-state index in [0.29, 0.717) is 11.3 Å². The fourth-order valence-corrected chi connectivity index (χ4v) is 4.26. The number of anilines is 1. The molecule has 150 valence electrons. The zero-order valence-electron chi connectivity index (χ0n) is 16.7. The number of carbonyl (C=O) groups is 1. The molecule has 29 heavy (non-hydrogen) atoms. The van der Waals surface area contributed by atoms with Gasteiger partial charge >= 0.3 is 0 Å². The highest BCUT2D eigenvalue weighted by atomic mass is 32.2. The summed E-state index contributed by atoms with van der Waals surface area (Å²) in [5.41, 5.74) is 2.81. The van der Waals surface area contributed by atoms with Gasteiger partial charge in [-0.1, -0.05) is 48.5 Å². The number of benzene rings is 3. The number of nitrogens with one attached hydrogen (secondary N) is 1. The molecule has 0 aliphatic rings. The molecule has 0 bridgehead atoms. The summed E-state index contributed by atoms with van der Waals surface area (Å²) >= 11 is 0. The summed E-state index contributed by atoms with van der Waals surface area (Å²) in [6.45, 7) is 3.79. The first-order valence-corrected chi connectivity index (χ1v) is 10.7. The van der Waals surface area contributed by atoms with Crippen LogP contribution in [0.15, 0.2) is 83.8 Å². The van der Waals surface area contributed by atoms with Crippen LogP contribution in [0.2, 0.25) is 0 Å². The van der Waals surface area contributed by atoms with Gasteiger partial charge in [0.15, 0.2) is 0 Å². The topological polar surface area (TPSA) is 66.5 Å². The minimum atomic E-state index is -3.79. The number of hydrogen-bond donors (Lipinski definition) is 1. The molecule has 0 aromatic heterocycles. The molecular formula is C23H24N2O3S. The fourth-order valence-electron chi connectivity index (χ4n) is 3.02. The molecule has 0 saturated carbocycles. The minimum absolute atomic E-state index is 0.0709. The van der Waals surface area contributed by atoms with Crippen LogP contribution in [0.25, 0.3) is 0 Å². The maximum Gasteiger partial charge on any atom is 0.264 e. The predicted octanol–water partition coefficient (Wildman–Crippen LogP) is 4.31. The lowest BCUT2D eigenvalue weighted by Gasteiger charge is -2.20. The smallest absolute Gasteiger partial charge is 0.264 e. The summed E-state index contributed by atoms with van der Waals surface area (Å²) < 4.78 is 27.3. The van der Waals surface area contributed by atoms with Crippen LogP contribution in [-0.2, 0) is 10.0 Å². The van der Waals surface area contributed by atoms with E-state index in [4.69, 9.17) is 0 Å². The Kier molecular flexibility index (Phi) is 6.03. The zero-order chi connectivity index (χ0) is 21.0. The molecule has 3 aromatic rings. The van der Waals surface area contributed by atoms with E-state index in [1.807, 2.05) is 56.3 Å². The van der Waals surface area contributed by atoms with E-state index in [2.05, 4.69) is 5.32 Å². The van der Waals surface area contributed by atoms with Gasteiger partial charge in [0, 0.05) is 12.6 Å². The van der Waals surface area contributed by atoms with Crippen molar-refractivity contribution >= 4 is 21.6 Å². The van der Waals surface area contributed by atoms with E-state index in [1.54, 1.807) is 24.3 Å². The third-order valence-corrected chi connectivity index (χ3v) is 6.55. The van der Waals surface area contributed by atoms with Gasteiger partial charge in [-0.3, -0.25) is 9.10 Å². The van der Waals surface area contributed by atoms with Crippen LogP contribution in [-0.4, -0.2) is 21.4 Å².